The Hall–Kier alpha value is -2.85. The second-order valence-electron chi connectivity index (χ2n) is 5.99. The molecule has 6 nitrogen and oxygen atoms in total. The number of anilines is 1. The molecule has 0 bridgehead atoms. The largest absolute Gasteiger partial charge is 0.476 e. The molecule has 2 rings (SSSR count). The fourth-order valence-electron chi connectivity index (χ4n) is 1.81. The zero-order valence-electron chi connectivity index (χ0n) is 13.1. The summed E-state index contributed by atoms with van der Waals surface area (Å²) in [4.78, 5) is 24.0. The van der Waals surface area contributed by atoms with Crippen LogP contribution in [0.5, 0.6) is 0 Å². The fraction of sp³-hybridized carbons (Fsp3) is 0.188. The van der Waals surface area contributed by atoms with Crippen LogP contribution in [0.3, 0.4) is 0 Å². The highest BCUT2D eigenvalue weighted by Crippen LogP contribution is 2.13. The molecule has 0 fully saturated rings. The number of aromatic carboxylic acids is 1. The summed E-state index contributed by atoms with van der Waals surface area (Å²) >= 11 is 0. The van der Waals surface area contributed by atoms with Gasteiger partial charge in [-0.25, -0.2) is 4.79 Å². The first-order valence-corrected chi connectivity index (χ1v) is 10.5. The number of carbonyl (C=O) groups is 1. The summed E-state index contributed by atoms with van der Waals surface area (Å²) in [5.74, 6) is 1.47. The van der Waals surface area contributed by atoms with Gasteiger partial charge in [-0.05, 0) is 12.1 Å². The lowest BCUT2D eigenvalue weighted by molar-refractivity contribution is 0.0689. The van der Waals surface area contributed by atoms with Crippen LogP contribution in [-0.4, -0.2) is 28.9 Å². The number of aromatic nitrogens is 2. The topological polar surface area (TPSA) is 98.2 Å². The van der Waals surface area contributed by atoms with Crippen molar-refractivity contribution in [2.75, 3.05) is 5.73 Å². The summed E-state index contributed by atoms with van der Waals surface area (Å²) in [7, 11) is -1.76. The number of hydrogen-bond donors (Lipinski definition) is 2. The maximum atomic E-state index is 12.6. The first kappa shape index (κ1) is 16.5. The van der Waals surface area contributed by atoms with Crippen LogP contribution in [0.4, 0.5) is 5.69 Å². The van der Waals surface area contributed by atoms with E-state index in [0.717, 1.165) is 4.68 Å². The Bertz CT molecular complexity index is 872. The number of para-hydroxylation sites is 1. The number of nitrogen functional groups attached to an aromatic ring is 1. The van der Waals surface area contributed by atoms with Crippen molar-refractivity contribution in [2.45, 2.75) is 19.6 Å². The van der Waals surface area contributed by atoms with Gasteiger partial charge in [0, 0.05) is 0 Å². The molecule has 0 unspecified atom stereocenters. The monoisotopic (exact) mass is 327 g/mol. The van der Waals surface area contributed by atoms with E-state index in [2.05, 4.69) is 16.6 Å². The number of benzene rings is 1. The van der Waals surface area contributed by atoms with Crippen molar-refractivity contribution in [1.82, 2.24) is 9.78 Å². The van der Waals surface area contributed by atoms with E-state index in [9.17, 15) is 14.7 Å². The Morgan fingerprint density at radius 1 is 1.26 bits per heavy atom. The lowest BCUT2D eigenvalue weighted by Gasteiger charge is -2.10. The molecule has 0 aliphatic rings. The maximum absolute atomic E-state index is 12.6. The number of nitrogens with zero attached hydrogens (tertiary/aromatic N) is 2. The highest BCUT2D eigenvalue weighted by Gasteiger charge is 2.20. The first-order chi connectivity index (χ1) is 10.7. The second-order valence-corrected chi connectivity index (χ2v) is 10.7. The number of hydrogen-bond acceptors (Lipinski definition) is 4. The zero-order chi connectivity index (χ0) is 17.2. The van der Waals surface area contributed by atoms with Crippen molar-refractivity contribution in [1.29, 1.82) is 0 Å². The smallest absolute Gasteiger partial charge is 0.358 e. The molecule has 0 atom stereocenters. The van der Waals surface area contributed by atoms with Gasteiger partial charge < -0.3 is 10.8 Å². The molecule has 0 aliphatic carbocycles. The standard InChI is InChI=1S/C16H17N3O3Si/c1-23(2,3)10-9-12-13(17)14(16(21)22)18-19(15(12)20)11-7-5-4-6-8-11/h4-8H,17H2,1-3H3,(H,21,22). The van der Waals surface area contributed by atoms with Crippen LogP contribution in [0.2, 0.25) is 19.6 Å². The summed E-state index contributed by atoms with van der Waals surface area (Å²) in [5, 5.41) is 13.2. The molecule has 7 heteroatoms. The van der Waals surface area contributed by atoms with Crippen LogP contribution in [0.25, 0.3) is 5.69 Å². The van der Waals surface area contributed by atoms with E-state index >= 15 is 0 Å². The minimum absolute atomic E-state index is 0.0244. The van der Waals surface area contributed by atoms with Crippen LogP contribution >= 0.6 is 0 Å². The summed E-state index contributed by atoms with van der Waals surface area (Å²) < 4.78 is 1.02. The Kier molecular flexibility index (Phi) is 4.38. The number of rotatable bonds is 2. The quantitative estimate of drug-likeness (QED) is 0.647. The number of carboxylic acids is 1. The predicted molar refractivity (Wildman–Crippen MR) is 91.4 cm³/mol. The third kappa shape index (κ3) is 3.67. The van der Waals surface area contributed by atoms with Crippen LogP contribution in [0, 0.1) is 11.5 Å². The fourth-order valence-corrected chi connectivity index (χ4v) is 2.31. The average molecular weight is 327 g/mol. The highest BCUT2D eigenvalue weighted by molar-refractivity contribution is 6.83. The Labute approximate surface area is 134 Å². The first-order valence-electron chi connectivity index (χ1n) is 6.95. The zero-order valence-corrected chi connectivity index (χ0v) is 14.1. The molecule has 2 aromatic rings. The van der Waals surface area contributed by atoms with E-state index in [1.54, 1.807) is 30.3 Å². The lowest BCUT2D eigenvalue weighted by atomic mass is 10.2. The third-order valence-corrected chi connectivity index (χ3v) is 3.77. The van der Waals surface area contributed by atoms with E-state index in [1.807, 2.05) is 19.6 Å². The summed E-state index contributed by atoms with van der Waals surface area (Å²) in [6.45, 7) is 6.06. The van der Waals surface area contributed by atoms with Gasteiger partial charge in [0.25, 0.3) is 5.56 Å². The molecule has 0 amide bonds. The Morgan fingerprint density at radius 3 is 2.39 bits per heavy atom. The van der Waals surface area contributed by atoms with E-state index in [1.165, 1.54) is 0 Å². The van der Waals surface area contributed by atoms with E-state index in [4.69, 9.17) is 5.73 Å². The van der Waals surface area contributed by atoms with E-state index < -0.39 is 19.6 Å². The molecule has 0 aliphatic heterocycles. The Morgan fingerprint density at radius 2 is 1.87 bits per heavy atom. The summed E-state index contributed by atoms with van der Waals surface area (Å²) in [5.41, 5.74) is 8.19. The molecule has 3 N–H and O–H groups in total. The highest BCUT2D eigenvalue weighted by atomic mass is 28.3. The molecule has 1 heterocycles. The molecule has 0 saturated heterocycles. The van der Waals surface area contributed by atoms with Crippen molar-refractivity contribution in [3.63, 3.8) is 0 Å². The van der Waals surface area contributed by atoms with Gasteiger partial charge in [-0.2, -0.15) is 9.78 Å². The van der Waals surface area contributed by atoms with Gasteiger partial charge in [0.05, 0.1) is 11.4 Å². The maximum Gasteiger partial charge on any atom is 0.358 e. The van der Waals surface area contributed by atoms with Gasteiger partial charge in [0.2, 0.25) is 0 Å². The molecule has 23 heavy (non-hydrogen) atoms. The van der Waals surface area contributed by atoms with Crippen molar-refractivity contribution >= 4 is 19.7 Å². The number of carboxylic acid groups (broad SMARTS) is 1. The van der Waals surface area contributed by atoms with Crippen molar-refractivity contribution in [3.05, 3.63) is 51.9 Å². The molecule has 0 saturated carbocycles. The van der Waals surface area contributed by atoms with Gasteiger partial charge in [0.1, 0.15) is 13.6 Å². The van der Waals surface area contributed by atoms with Crippen LogP contribution in [0.1, 0.15) is 16.1 Å². The molecular formula is C16H17N3O3Si. The predicted octanol–water partition coefficient (Wildman–Crippen LogP) is 1.74. The van der Waals surface area contributed by atoms with Crippen molar-refractivity contribution in [2.24, 2.45) is 0 Å². The average Bonchev–Trinajstić information content (AvgIpc) is 2.46. The van der Waals surface area contributed by atoms with Crippen molar-refractivity contribution in [3.8, 4) is 17.2 Å². The van der Waals surface area contributed by atoms with Crippen molar-refractivity contribution < 1.29 is 9.90 Å². The van der Waals surface area contributed by atoms with Gasteiger partial charge in [-0.15, -0.1) is 5.54 Å². The second kappa shape index (κ2) is 6.10. The van der Waals surface area contributed by atoms with Crippen LogP contribution < -0.4 is 11.3 Å². The SMILES string of the molecule is C[Si](C)(C)C#Cc1c(N)c(C(=O)O)nn(-c2ccccc2)c1=O. The van der Waals surface area contributed by atoms with Gasteiger partial charge >= 0.3 is 5.97 Å². The third-order valence-electron chi connectivity index (χ3n) is 2.90. The number of nitrogens with two attached hydrogens (primary N) is 1. The van der Waals surface area contributed by atoms with Crippen LogP contribution in [0.15, 0.2) is 35.1 Å². The normalized spacial score (nSPS) is 10.7. The summed E-state index contributed by atoms with van der Waals surface area (Å²) in [6, 6.07) is 8.56. The Balaban J connectivity index is 2.80. The minimum atomic E-state index is -1.76. The summed E-state index contributed by atoms with van der Waals surface area (Å²) in [6.07, 6.45) is 0. The molecule has 1 aromatic heterocycles. The minimum Gasteiger partial charge on any atom is -0.476 e. The van der Waals surface area contributed by atoms with E-state index in [-0.39, 0.29) is 16.9 Å². The van der Waals surface area contributed by atoms with Gasteiger partial charge in [-0.3, -0.25) is 4.79 Å². The lowest BCUT2D eigenvalue weighted by Crippen LogP contribution is -2.29. The van der Waals surface area contributed by atoms with Gasteiger partial charge in [0.15, 0.2) is 5.69 Å². The molecule has 118 valence electrons. The van der Waals surface area contributed by atoms with Crippen LogP contribution in [-0.2, 0) is 0 Å². The molecular weight excluding hydrogens is 310 g/mol. The van der Waals surface area contributed by atoms with Gasteiger partial charge in [-0.1, -0.05) is 43.8 Å². The molecule has 0 spiro atoms. The molecule has 0 radical (unpaired) electrons. The molecule has 1 aromatic carbocycles. The van der Waals surface area contributed by atoms with E-state index in [0.29, 0.717) is 5.69 Å².